The minimum absolute atomic E-state index is 0.340. The predicted octanol–water partition coefficient (Wildman–Crippen LogP) is 2.91. The Hall–Kier alpha value is -3.14. The van der Waals surface area contributed by atoms with Crippen molar-refractivity contribution in [3.63, 3.8) is 0 Å². The van der Waals surface area contributed by atoms with Gasteiger partial charge in [0.15, 0.2) is 0 Å². The Morgan fingerprint density at radius 3 is 2.58 bits per heavy atom. The van der Waals surface area contributed by atoms with E-state index in [1.807, 2.05) is 35.4 Å². The van der Waals surface area contributed by atoms with Gasteiger partial charge in [0, 0.05) is 38.1 Å². The highest BCUT2D eigenvalue weighted by molar-refractivity contribution is 7.09. The number of anilines is 1. The van der Waals surface area contributed by atoms with Crippen molar-refractivity contribution >= 4 is 35.2 Å². The van der Waals surface area contributed by atoms with Gasteiger partial charge in [0.2, 0.25) is 0 Å². The maximum absolute atomic E-state index is 12.9. The molecule has 1 atom stereocenters. The summed E-state index contributed by atoms with van der Waals surface area (Å²) in [5.41, 5.74) is 1.30. The van der Waals surface area contributed by atoms with Crippen molar-refractivity contribution in [1.29, 1.82) is 0 Å². The summed E-state index contributed by atoms with van der Waals surface area (Å²) in [6, 6.07) is 9.10. The van der Waals surface area contributed by atoms with Crippen LogP contribution in [0.4, 0.5) is 15.4 Å². The molecule has 10 heteroatoms. The largest absolute Gasteiger partial charge is 0.434 e. The van der Waals surface area contributed by atoms with Gasteiger partial charge < -0.3 is 19.5 Å². The van der Waals surface area contributed by atoms with E-state index in [0.29, 0.717) is 43.7 Å². The van der Waals surface area contributed by atoms with E-state index in [1.165, 1.54) is 10.5 Å². The molecular weight excluding hydrogens is 442 g/mol. The lowest BCUT2D eigenvalue weighted by atomic mass is 9.90. The number of hydroxylamine groups is 2. The van der Waals surface area contributed by atoms with Crippen LogP contribution in [-0.4, -0.2) is 76.6 Å². The summed E-state index contributed by atoms with van der Waals surface area (Å²) in [5, 5.41) is 3.55. The number of thiazole rings is 1. The quantitative estimate of drug-likeness (QED) is 0.640. The smallest absolute Gasteiger partial charge is 0.352 e. The van der Waals surface area contributed by atoms with Crippen LogP contribution in [0, 0.1) is 12.8 Å². The second-order valence-electron chi connectivity index (χ2n) is 8.77. The van der Waals surface area contributed by atoms with E-state index >= 15 is 0 Å². The van der Waals surface area contributed by atoms with Gasteiger partial charge in [-0.05, 0) is 37.7 Å². The molecular formula is C23H27N5O4S. The lowest BCUT2D eigenvalue weighted by molar-refractivity contribution is -0.151. The van der Waals surface area contributed by atoms with Crippen molar-refractivity contribution < 1.29 is 19.2 Å². The topological polar surface area (TPSA) is 86.3 Å². The third kappa shape index (κ3) is 4.39. The normalized spacial score (nSPS) is 21.5. The first kappa shape index (κ1) is 21.7. The maximum atomic E-state index is 12.9. The lowest BCUT2D eigenvalue weighted by Crippen LogP contribution is -2.53. The first-order valence-electron chi connectivity index (χ1n) is 11.3. The number of likely N-dealkylation sites (tertiary alicyclic amines) is 1. The molecule has 4 heterocycles. The molecule has 2 aromatic rings. The van der Waals surface area contributed by atoms with Crippen molar-refractivity contribution in [3.8, 4) is 0 Å². The summed E-state index contributed by atoms with van der Waals surface area (Å²) in [4.78, 5) is 53.3. The molecule has 3 saturated heterocycles. The fourth-order valence-corrected chi connectivity index (χ4v) is 5.39. The van der Waals surface area contributed by atoms with Crippen molar-refractivity contribution in [2.45, 2.75) is 32.2 Å². The SMILES string of the molecule is Cc1nc(N2CCN3C(=O)N(OC(=O)N4CCC(Cc5ccccc5)CC4)C(=O)C3C2)cs1. The second-order valence-corrected chi connectivity index (χ2v) is 9.83. The molecule has 1 aromatic heterocycles. The Bertz CT molecular complexity index is 1040. The summed E-state index contributed by atoms with van der Waals surface area (Å²) in [6.07, 6.45) is 2.07. The van der Waals surface area contributed by atoms with Gasteiger partial charge in [0.1, 0.15) is 11.9 Å². The number of carbonyl (C=O) groups excluding carboxylic acids is 3. The second kappa shape index (κ2) is 9.01. The Balaban J connectivity index is 1.16. The molecule has 0 N–H and O–H groups in total. The molecule has 0 bridgehead atoms. The van der Waals surface area contributed by atoms with Gasteiger partial charge >= 0.3 is 12.1 Å². The van der Waals surface area contributed by atoms with Crippen LogP contribution < -0.4 is 4.90 Å². The number of rotatable bonds is 4. The first-order chi connectivity index (χ1) is 16.0. The molecule has 3 fully saturated rings. The third-order valence-corrected chi connectivity index (χ3v) is 7.39. The molecule has 33 heavy (non-hydrogen) atoms. The molecule has 1 aromatic carbocycles. The number of benzene rings is 1. The zero-order chi connectivity index (χ0) is 22.9. The van der Waals surface area contributed by atoms with Crippen LogP contribution in [0.25, 0.3) is 0 Å². The van der Waals surface area contributed by atoms with Gasteiger partial charge in [-0.2, -0.15) is 0 Å². The Morgan fingerprint density at radius 2 is 1.88 bits per heavy atom. The van der Waals surface area contributed by atoms with E-state index in [-0.39, 0.29) is 0 Å². The van der Waals surface area contributed by atoms with Gasteiger partial charge in [-0.25, -0.2) is 14.6 Å². The van der Waals surface area contributed by atoms with Crippen molar-refractivity contribution in [2.24, 2.45) is 5.92 Å². The van der Waals surface area contributed by atoms with Gasteiger partial charge in [0.25, 0.3) is 5.91 Å². The highest BCUT2D eigenvalue weighted by Gasteiger charge is 2.50. The van der Waals surface area contributed by atoms with Gasteiger partial charge in [0.05, 0.1) is 5.01 Å². The average Bonchev–Trinajstić information content (AvgIpc) is 3.37. The number of piperidine rings is 1. The van der Waals surface area contributed by atoms with Crippen LogP contribution in [-0.2, 0) is 16.1 Å². The van der Waals surface area contributed by atoms with E-state index in [0.717, 1.165) is 30.1 Å². The zero-order valence-electron chi connectivity index (χ0n) is 18.6. The number of hydrogen-bond donors (Lipinski definition) is 0. The number of carbonyl (C=O) groups is 3. The summed E-state index contributed by atoms with van der Waals surface area (Å²) in [5.74, 6) is 0.816. The van der Waals surface area contributed by atoms with E-state index in [1.54, 1.807) is 16.2 Å². The Morgan fingerprint density at radius 1 is 1.12 bits per heavy atom. The first-order valence-corrected chi connectivity index (χ1v) is 12.2. The summed E-state index contributed by atoms with van der Waals surface area (Å²) < 4.78 is 0. The maximum Gasteiger partial charge on any atom is 0.434 e. The van der Waals surface area contributed by atoms with Crippen molar-refractivity contribution in [2.75, 3.05) is 37.6 Å². The number of piperazine rings is 1. The number of hydrogen-bond acceptors (Lipinski definition) is 7. The molecule has 0 saturated carbocycles. The molecule has 9 nitrogen and oxygen atoms in total. The Labute approximate surface area is 196 Å². The van der Waals surface area contributed by atoms with E-state index in [9.17, 15) is 14.4 Å². The molecule has 3 aliphatic heterocycles. The number of fused-ring (bicyclic) bond motifs is 1. The monoisotopic (exact) mass is 469 g/mol. The molecule has 0 radical (unpaired) electrons. The molecule has 4 amide bonds. The van der Waals surface area contributed by atoms with E-state index < -0.39 is 24.1 Å². The minimum atomic E-state index is -0.669. The number of aromatic nitrogens is 1. The molecule has 1 unspecified atom stereocenters. The van der Waals surface area contributed by atoms with Crippen LogP contribution in [0.2, 0.25) is 0 Å². The van der Waals surface area contributed by atoms with Crippen molar-refractivity contribution in [1.82, 2.24) is 19.8 Å². The van der Waals surface area contributed by atoms with Crippen molar-refractivity contribution in [3.05, 3.63) is 46.3 Å². The molecule has 5 rings (SSSR count). The molecule has 0 aliphatic carbocycles. The van der Waals surface area contributed by atoms with Gasteiger partial charge in [-0.1, -0.05) is 35.4 Å². The minimum Gasteiger partial charge on any atom is -0.352 e. The number of aryl methyl sites for hydroxylation is 1. The number of urea groups is 1. The fraction of sp³-hybridized carbons (Fsp3) is 0.478. The number of nitrogens with zero attached hydrogens (tertiary/aromatic N) is 5. The summed E-state index contributed by atoms with van der Waals surface area (Å²) in [6.45, 7) is 4.33. The van der Waals surface area contributed by atoms with Gasteiger partial charge in [-0.15, -0.1) is 11.3 Å². The predicted molar refractivity (Wildman–Crippen MR) is 123 cm³/mol. The van der Waals surface area contributed by atoms with Crippen LogP contribution in [0.5, 0.6) is 0 Å². The highest BCUT2D eigenvalue weighted by atomic mass is 32.1. The number of amides is 4. The molecule has 3 aliphatic rings. The van der Waals surface area contributed by atoms with E-state index in [2.05, 4.69) is 17.1 Å². The molecule has 0 spiro atoms. The Kier molecular flexibility index (Phi) is 5.92. The fourth-order valence-electron chi connectivity index (χ4n) is 4.76. The summed E-state index contributed by atoms with van der Waals surface area (Å²) >= 11 is 1.55. The standard InChI is InChI=1S/C23H27N5O4S/c1-16-24-20(15-33-16)26-11-12-27-19(14-26)21(29)28(22(27)30)32-23(31)25-9-7-18(8-10-25)13-17-5-3-2-4-6-17/h2-6,15,18-19H,7-14H2,1H3. The van der Waals surface area contributed by atoms with E-state index in [4.69, 9.17) is 4.84 Å². The number of imide groups is 1. The van der Waals surface area contributed by atoms with Crippen LogP contribution in [0.1, 0.15) is 23.4 Å². The lowest BCUT2D eigenvalue weighted by Gasteiger charge is -2.35. The molecule has 174 valence electrons. The van der Waals surface area contributed by atoms with Gasteiger partial charge in [-0.3, -0.25) is 4.79 Å². The average molecular weight is 470 g/mol. The van der Waals surface area contributed by atoms with Crippen LogP contribution in [0.15, 0.2) is 35.7 Å². The summed E-state index contributed by atoms with van der Waals surface area (Å²) in [7, 11) is 0. The van der Waals surface area contributed by atoms with Crippen LogP contribution in [0.3, 0.4) is 0 Å². The highest BCUT2D eigenvalue weighted by Crippen LogP contribution is 2.28. The third-order valence-electron chi connectivity index (χ3n) is 6.63. The van der Waals surface area contributed by atoms with Crippen LogP contribution >= 0.6 is 11.3 Å². The zero-order valence-corrected chi connectivity index (χ0v) is 19.4.